The number of hydrogen-bond donors (Lipinski definition) is 0. The van der Waals surface area contributed by atoms with Gasteiger partial charge in [0.1, 0.15) is 0 Å². The van der Waals surface area contributed by atoms with Gasteiger partial charge in [0.05, 0.1) is 5.56 Å². The van der Waals surface area contributed by atoms with Gasteiger partial charge in [-0.2, -0.15) is 13.2 Å². The van der Waals surface area contributed by atoms with E-state index in [4.69, 9.17) is 0 Å². The van der Waals surface area contributed by atoms with Crippen molar-refractivity contribution in [2.75, 3.05) is 7.05 Å². The second-order valence-electron chi connectivity index (χ2n) is 5.94. The summed E-state index contributed by atoms with van der Waals surface area (Å²) >= 11 is 0. The molecule has 0 amide bonds. The Bertz CT molecular complexity index is 467. The van der Waals surface area contributed by atoms with Crippen LogP contribution in [0.15, 0.2) is 18.2 Å². The number of alkyl halides is 3. The first-order valence-electron chi connectivity index (χ1n) is 7.17. The maximum absolute atomic E-state index is 13.1. The quantitative estimate of drug-likeness (QED) is 0.794. The van der Waals surface area contributed by atoms with Crippen LogP contribution in [0.25, 0.3) is 0 Å². The second-order valence-corrected chi connectivity index (χ2v) is 5.94. The molecule has 1 nitrogen and oxygen atoms in total. The predicted molar refractivity (Wildman–Crippen MR) is 74.7 cm³/mol. The lowest BCUT2D eigenvalue weighted by atomic mass is 9.97. The Morgan fingerprint density at radius 3 is 2.50 bits per heavy atom. The maximum Gasteiger partial charge on any atom is 0.416 e. The van der Waals surface area contributed by atoms with Gasteiger partial charge in [-0.25, -0.2) is 0 Å². The van der Waals surface area contributed by atoms with Gasteiger partial charge in [-0.05, 0) is 58.2 Å². The first kappa shape index (κ1) is 15.4. The third-order valence-electron chi connectivity index (χ3n) is 4.51. The van der Waals surface area contributed by atoms with Crippen LogP contribution in [0.3, 0.4) is 0 Å². The Balaban J connectivity index is 2.10. The molecule has 4 heteroatoms. The number of halogens is 3. The molecule has 1 aromatic rings. The number of likely N-dealkylation sites (tertiary alicyclic amines) is 1. The number of nitrogens with zero attached hydrogens (tertiary/aromatic N) is 1. The molecule has 2 atom stereocenters. The molecule has 1 aliphatic heterocycles. The first-order chi connectivity index (χ1) is 9.29. The van der Waals surface area contributed by atoms with Crippen LogP contribution >= 0.6 is 0 Å². The average Bonchev–Trinajstić information content (AvgIpc) is 2.67. The zero-order chi connectivity index (χ0) is 14.9. The third kappa shape index (κ3) is 3.35. The summed E-state index contributed by atoms with van der Waals surface area (Å²) in [6.45, 7) is 3.87. The van der Waals surface area contributed by atoms with Crippen molar-refractivity contribution < 1.29 is 13.2 Å². The van der Waals surface area contributed by atoms with Gasteiger partial charge in [0.25, 0.3) is 0 Å². The molecule has 0 radical (unpaired) electrons. The Morgan fingerprint density at radius 1 is 1.25 bits per heavy atom. The molecule has 112 valence electrons. The molecule has 0 N–H and O–H groups in total. The minimum atomic E-state index is -4.25. The Morgan fingerprint density at radius 2 is 1.95 bits per heavy atom. The zero-order valence-electron chi connectivity index (χ0n) is 12.3. The standard InChI is InChI=1S/C16H22F3N/c1-11-4-6-13(15(10-11)16(17,18)19)7-9-14-8-5-12(2)20(14)3/h4,6,10,12,14H,5,7-9H2,1-3H3. The van der Waals surface area contributed by atoms with Crippen molar-refractivity contribution in [2.24, 2.45) is 0 Å². The highest BCUT2D eigenvalue weighted by molar-refractivity contribution is 5.34. The molecule has 0 aromatic heterocycles. The fourth-order valence-electron chi connectivity index (χ4n) is 3.04. The summed E-state index contributed by atoms with van der Waals surface area (Å²) in [5, 5.41) is 0. The molecule has 1 fully saturated rings. The van der Waals surface area contributed by atoms with E-state index in [0.717, 1.165) is 19.3 Å². The average molecular weight is 285 g/mol. The van der Waals surface area contributed by atoms with Gasteiger partial charge >= 0.3 is 6.18 Å². The lowest BCUT2D eigenvalue weighted by Crippen LogP contribution is -2.30. The molecule has 1 aliphatic rings. The second kappa shape index (κ2) is 5.76. The summed E-state index contributed by atoms with van der Waals surface area (Å²) in [6.07, 6.45) is -0.730. The maximum atomic E-state index is 13.1. The van der Waals surface area contributed by atoms with Crippen molar-refractivity contribution in [1.82, 2.24) is 4.90 Å². The van der Waals surface area contributed by atoms with E-state index >= 15 is 0 Å². The highest BCUT2D eigenvalue weighted by Gasteiger charge is 2.34. The van der Waals surface area contributed by atoms with Gasteiger partial charge in [-0.1, -0.05) is 17.7 Å². The monoisotopic (exact) mass is 285 g/mol. The van der Waals surface area contributed by atoms with Crippen LogP contribution in [0.2, 0.25) is 0 Å². The smallest absolute Gasteiger partial charge is 0.301 e. The van der Waals surface area contributed by atoms with Crippen molar-refractivity contribution in [2.45, 2.75) is 57.8 Å². The van der Waals surface area contributed by atoms with Gasteiger partial charge < -0.3 is 4.90 Å². The molecule has 2 unspecified atom stereocenters. The minimum absolute atomic E-state index is 0.410. The summed E-state index contributed by atoms with van der Waals surface area (Å²) in [6, 6.07) is 5.62. The molecule has 1 aromatic carbocycles. The van der Waals surface area contributed by atoms with Crippen LogP contribution in [0.4, 0.5) is 13.2 Å². The summed E-state index contributed by atoms with van der Waals surface area (Å²) in [7, 11) is 2.07. The SMILES string of the molecule is Cc1ccc(CCC2CCC(C)N2C)c(C(F)(F)F)c1. The number of aryl methyl sites for hydroxylation is 2. The first-order valence-corrected chi connectivity index (χ1v) is 7.17. The van der Waals surface area contributed by atoms with Crippen LogP contribution < -0.4 is 0 Å². The number of hydrogen-bond acceptors (Lipinski definition) is 1. The molecule has 0 spiro atoms. The van der Waals surface area contributed by atoms with Gasteiger partial charge in [-0.3, -0.25) is 0 Å². The zero-order valence-corrected chi connectivity index (χ0v) is 12.3. The fourth-order valence-corrected chi connectivity index (χ4v) is 3.04. The van der Waals surface area contributed by atoms with E-state index in [0.29, 0.717) is 29.6 Å². The largest absolute Gasteiger partial charge is 0.416 e. The molecule has 1 heterocycles. The van der Waals surface area contributed by atoms with E-state index in [-0.39, 0.29) is 0 Å². The van der Waals surface area contributed by atoms with Crippen molar-refractivity contribution in [3.05, 3.63) is 34.9 Å². The van der Waals surface area contributed by atoms with Crippen LogP contribution in [-0.2, 0) is 12.6 Å². The number of rotatable bonds is 3. The summed E-state index contributed by atoms with van der Waals surface area (Å²) in [5.41, 5.74) is 0.620. The Kier molecular flexibility index (Phi) is 4.43. The molecular weight excluding hydrogens is 263 g/mol. The molecule has 0 bridgehead atoms. The topological polar surface area (TPSA) is 3.24 Å². The fraction of sp³-hybridized carbons (Fsp3) is 0.625. The highest BCUT2D eigenvalue weighted by atomic mass is 19.4. The normalized spacial score (nSPS) is 24.3. The van der Waals surface area contributed by atoms with Crippen molar-refractivity contribution in [3.63, 3.8) is 0 Å². The lowest BCUT2D eigenvalue weighted by molar-refractivity contribution is -0.138. The van der Waals surface area contributed by atoms with Gasteiger partial charge in [0.15, 0.2) is 0 Å². The van der Waals surface area contributed by atoms with Gasteiger partial charge in [0.2, 0.25) is 0 Å². The van der Waals surface area contributed by atoms with Crippen molar-refractivity contribution in [1.29, 1.82) is 0 Å². The van der Waals surface area contributed by atoms with E-state index < -0.39 is 11.7 Å². The van der Waals surface area contributed by atoms with Crippen LogP contribution in [0, 0.1) is 6.92 Å². The van der Waals surface area contributed by atoms with E-state index in [9.17, 15) is 13.2 Å². The van der Waals surface area contributed by atoms with Crippen molar-refractivity contribution >= 4 is 0 Å². The van der Waals surface area contributed by atoms with Gasteiger partial charge in [-0.15, -0.1) is 0 Å². The van der Waals surface area contributed by atoms with Crippen molar-refractivity contribution in [3.8, 4) is 0 Å². The van der Waals surface area contributed by atoms with E-state index in [1.54, 1.807) is 19.1 Å². The van der Waals surface area contributed by atoms with E-state index in [1.165, 1.54) is 6.07 Å². The van der Waals surface area contributed by atoms with Crippen LogP contribution in [0.5, 0.6) is 0 Å². The Labute approximate surface area is 118 Å². The molecule has 1 saturated heterocycles. The predicted octanol–water partition coefficient (Wildman–Crippen LogP) is 4.43. The van der Waals surface area contributed by atoms with Gasteiger partial charge in [0, 0.05) is 12.1 Å². The van der Waals surface area contributed by atoms with Crippen LogP contribution in [0.1, 0.15) is 42.9 Å². The Hall–Kier alpha value is -1.03. The highest BCUT2D eigenvalue weighted by Crippen LogP contribution is 2.34. The molecule has 0 saturated carbocycles. The molecule has 0 aliphatic carbocycles. The molecule has 20 heavy (non-hydrogen) atoms. The van der Waals surface area contributed by atoms with E-state index in [1.807, 2.05) is 0 Å². The number of benzene rings is 1. The molecule has 2 rings (SSSR count). The third-order valence-corrected chi connectivity index (χ3v) is 4.51. The van der Waals surface area contributed by atoms with Crippen LogP contribution in [-0.4, -0.2) is 24.0 Å². The lowest BCUT2D eigenvalue weighted by Gasteiger charge is -2.24. The minimum Gasteiger partial charge on any atom is -0.301 e. The molecular formula is C16H22F3N. The van der Waals surface area contributed by atoms with E-state index in [2.05, 4.69) is 18.9 Å². The summed E-state index contributed by atoms with van der Waals surface area (Å²) in [4.78, 5) is 2.29. The summed E-state index contributed by atoms with van der Waals surface area (Å²) in [5.74, 6) is 0. The summed E-state index contributed by atoms with van der Waals surface area (Å²) < 4.78 is 39.2.